The Kier molecular flexibility index (Phi) is 6.70. The van der Waals surface area contributed by atoms with Gasteiger partial charge in [-0.15, -0.1) is 0 Å². The fraction of sp³-hybridized carbons (Fsp3) is 1.00. The maximum Gasteiger partial charge on any atom is 0.00175 e. The molecule has 0 amide bonds. The van der Waals surface area contributed by atoms with Gasteiger partial charge in [-0.3, -0.25) is 0 Å². The Bertz CT molecular complexity index is 130. The molecule has 0 aromatic rings. The molecule has 1 fully saturated rings. The van der Waals surface area contributed by atoms with Gasteiger partial charge in [0.1, 0.15) is 0 Å². The Morgan fingerprint density at radius 3 is 2.29 bits per heavy atom. The van der Waals surface area contributed by atoms with E-state index in [0.717, 1.165) is 11.7 Å². The zero-order valence-corrected chi connectivity index (χ0v) is 10.4. The summed E-state index contributed by atoms with van der Waals surface area (Å²) < 4.78 is 0. The van der Waals surface area contributed by atoms with Gasteiger partial charge in [-0.25, -0.2) is 0 Å². The van der Waals surface area contributed by atoms with Crippen LogP contribution in [0.4, 0.5) is 0 Å². The number of likely N-dealkylation sites (tertiary alicyclic amines) is 1. The van der Waals surface area contributed by atoms with Crippen molar-refractivity contribution in [1.29, 1.82) is 0 Å². The molecule has 0 aromatic heterocycles. The van der Waals surface area contributed by atoms with Crippen LogP contribution < -0.4 is 0 Å². The minimum absolute atomic E-state index is 0.821. The normalized spacial score (nSPS) is 21.9. The summed E-state index contributed by atoms with van der Waals surface area (Å²) in [5.41, 5.74) is 0. The van der Waals surface area contributed by atoms with Gasteiger partial charge in [-0.1, -0.05) is 26.2 Å². The highest BCUT2D eigenvalue weighted by Crippen LogP contribution is 2.15. The van der Waals surface area contributed by atoms with Crippen molar-refractivity contribution in [2.75, 3.05) is 25.4 Å². The Morgan fingerprint density at radius 1 is 1.14 bits per heavy atom. The maximum atomic E-state index is 4.45. The Balaban J connectivity index is 2.24. The first kappa shape index (κ1) is 12.4. The molecule has 0 N–H and O–H groups in total. The molecule has 0 spiro atoms. The molecule has 0 saturated carbocycles. The summed E-state index contributed by atoms with van der Waals surface area (Å²) >= 11 is 4.45. The number of thiol groups is 1. The van der Waals surface area contributed by atoms with Gasteiger partial charge < -0.3 is 4.90 Å². The minimum atomic E-state index is 0.821. The average molecular weight is 215 g/mol. The van der Waals surface area contributed by atoms with E-state index in [4.69, 9.17) is 0 Å². The molecule has 1 saturated heterocycles. The van der Waals surface area contributed by atoms with E-state index >= 15 is 0 Å². The molecule has 0 aliphatic carbocycles. The van der Waals surface area contributed by atoms with Gasteiger partial charge in [0.25, 0.3) is 0 Å². The van der Waals surface area contributed by atoms with Crippen molar-refractivity contribution in [1.82, 2.24) is 4.90 Å². The quantitative estimate of drug-likeness (QED) is 0.689. The molecule has 0 bridgehead atoms. The summed E-state index contributed by atoms with van der Waals surface area (Å²) in [4.78, 5) is 2.66. The van der Waals surface area contributed by atoms with Crippen molar-refractivity contribution in [3.63, 3.8) is 0 Å². The lowest BCUT2D eigenvalue weighted by Gasteiger charge is -2.24. The molecule has 0 aromatic carbocycles. The second-order valence-corrected chi connectivity index (χ2v) is 4.92. The van der Waals surface area contributed by atoms with Crippen molar-refractivity contribution >= 4 is 12.6 Å². The zero-order valence-electron chi connectivity index (χ0n) is 9.54. The largest absolute Gasteiger partial charge is 0.303 e. The fourth-order valence-electron chi connectivity index (χ4n) is 2.33. The third-order valence-electron chi connectivity index (χ3n) is 3.17. The molecule has 84 valence electrons. The number of rotatable bonds is 5. The van der Waals surface area contributed by atoms with Crippen molar-refractivity contribution < 1.29 is 0 Å². The third kappa shape index (κ3) is 4.70. The summed E-state index contributed by atoms with van der Waals surface area (Å²) in [7, 11) is 0. The van der Waals surface area contributed by atoms with Gasteiger partial charge in [0.15, 0.2) is 0 Å². The van der Waals surface area contributed by atoms with Crippen LogP contribution in [0.5, 0.6) is 0 Å². The predicted octanol–water partition coefficient (Wildman–Crippen LogP) is 3.21. The van der Waals surface area contributed by atoms with Gasteiger partial charge in [-0.05, 0) is 44.0 Å². The highest BCUT2D eigenvalue weighted by molar-refractivity contribution is 7.80. The van der Waals surface area contributed by atoms with E-state index in [1.54, 1.807) is 0 Å². The highest BCUT2D eigenvalue weighted by atomic mass is 32.1. The van der Waals surface area contributed by atoms with E-state index in [2.05, 4.69) is 24.5 Å². The molecule has 2 heteroatoms. The van der Waals surface area contributed by atoms with E-state index < -0.39 is 0 Å². The van der Waals surface area contributed by atoms with Crippen LogP contribution in [0.25, 0.3) is 0 Å². The van der Waals surface area contributed by atoms with Gasteiger partial charge >= 0.3 is 0 Å². The number of nitrogens with zero attached hydrogens (tertiary/aromatic N) is 1. The predicted molar refractivity (Wildman–Crippen MR) is 67.2 cm³/mol. The monoisotopic (exact) mass is 215 g/mol. The van der Waals surface area contributed by atoms with E-state index in [1.807, 2.05) is 0 Å². The molecule has 1 aliphatic rings. The molecule has 1 unspecified atom stereocenters. The summed E-state index contributed by atoms with van der Waals surface area (Å²) in [6, 6.07) is 0. The van der Waals surface area contributed by atoms with Crippen LogP contribution in [-0.2, 0) is 0 Å². The van der Waals surface area contributed by atoms with Crippen LogP contribution in [0.15, 0.2) is 0 Å². The van der Waals surface area contributed by atoms with Gasteiger partial charge in [-0.2, -0.15) is 12.6 Å². The molecular formula is C12H25NS. The van der Waals surface area contributed by atoms with Crippen LogP contribution in [0, 0.1) is 5.92 Å². The van der Waals surface area contributed by atoms with Crippen molar-refractivity contribution in [2.24, 2.45) is 5.92 Å². The molecule has 1 atom stereocenters. The summed E-state index contributed by atoms with van der Waals surface area (Å²) in [5.74, 6) is 1.88. The summed E-state index contributed by atoms with van der Waals surface area (Å²) in [6.07, 6.45) is 8.35. The summed E-state index contributed by atoms with van der Waals surface area (Å²) in [6.45, 7) is 6.22. The Labute approximate surface area is 94.7 Å². The first-order valence-electron chi connectivity index (χ1n) is 6.20. The van der Waals surface area contributed by atoms with E-state index in [9.17, 15) is 0 Å². The minimum Gasteiger partial charge on any atom is -0.303 e. The lowest BCUT2D eigenvalue weighted by Crippen LogP contribution is -2.31. The first-order valence-corrected chi connectivity index (χ1v) is 6.83. The fourth-order valence-corrected chi connectivity index (χ4v) is 2.63. The third-order valence-corrected chi connectivity index (χ3v) is 3.69. The van der Waals surface area contributed by atoms with Gasteiger partial charge in [0.2, 0.25) is 0 Å². The van der Waals surface area contributed by atoms with Crippen molar-refractivity contribution in [3.05, 3.63) is 0 Å². The topological polar surface area (TPSA) is 3.24 Å². The van der Waals surface area contributed by atoms with Crippen LogP contribution in [0.2, 0.25) is 0 Å². The van der Waals surface area contributed by atoms with Crippen LogP contribution in [0.3, 0.4) is 0 Å². The smallest absolute Gasteiger partial charge is 0.00175 e. The van der Waals surface area contributed by atoms with E-state index in [-0.39, 0.29) is 0 Å². The number of hydrogen-bond acceptors (Lipinski definition) is 2. The average Bonchev–Trinajstić information content (AvgIpc) is 2.45. The molecule has 1 aliphatic heterocycles. The van der Waals surface area contributed by atoms with Crippen LogP contribution >= 0.6 is 12.6 Å². The number of hydrogen-bond donors (Lipinski definition) is 1. The second-order valence-electron chi connectivity index (χ2n) is 4.55. The van der Waals surface area contributed by atoms with Crippen LogP contribution in [-0.4, -0.2) is 30.3 Å². The molecule has 0 radical (unpaired) electrons. The van der Waals surface area contributed by atoms with Crippen LogP contribution in [0.1, 0.15) is 45.4 Å². The zero-order chi connectivity index (χ0) is 10.2. The lowest BCUT2D eigenvalue weighted by molar-refractivity contribution is 0.242. The molecule has 14 heavy (non-hydrogen) atoms. The van der Waals surface area contributed by atoms with Crippen molar-refractivity contribution in [2.45, 2.75) is 45.4 Å². The SMILES string of the molecule is CCCC(CS)CN1CCCCCC1. The van der Waals surface area contributed by atoms with Gasteiger partial charge in [0, 0.05) is 6.54 Å². The second kappa shape index (κ2) is 7.58. The molecule has 1 rings (SSSR count). The summed E-state index contributed by atoms with van der Waals surface area (Å²) in [5, 5.41) is 0. The van der Waals surface area contributed by atoms with Crippen molar-refractivity contribution in [3.8, 4) is 0 Å². The lowest BCUT2D eigenvalue weighted by atomic mass is 10.1. The van der Waals surface area contributed by atoms with E-state index in [0.29, 0.717) is 0 Å². The molecule has 1 heterocycles. The van der Waals surface area contributed by atoms with Gasteiger partial charge in [0.05, 0.1) is 0 Å². The van der Waals surface area contributed by atoms with E-state index in [1.165, 1.54) is 58.2 Å². The molecular weight excluding hydrogens is 190 g/mol. The first-order chi connectivity index (χ1) is 6.86. The highest BCUT2D eigenvalue weighted by Gasteiger charge is 2.13. The maximum absolute atomic E-state index is 4.45. The standard InChI is InChI=1S/C12H25NS/c1-2-7-12(11-14)10-13-8-5-3-4-6-9-13/h12,14H,2-11H2,1H3. The Hall–Kier alpha value is 0.310. The molecule has 1 nitrogen and oxygen atoms in total. The Morgan fingerprint density at radius 2 is 1.79 bits per heavy atom.